The highest BCUT2D eigenvalue weighted by Gasteiger charge is 2.27. The number of hydrogen-bond donors (Lipinski definition) is 1. The molecule has 0 fully saturated rings. The molecule has 0 bridgehead atoms. The van der Waals surface area contributed by atoms with E-state index in [0.29, 0.717) is 6.54 Å². The Hall–Kier alpha value is -0.640. The van der Waals surface area contributed by atoms with Gasteiger partial charge in [-0.2, -0.15) is 9.57 Å². The molecule has 0 aromatic rings. The minimum absolute atomic E-state index is 0.0638. The third-order valence-electron chi connectivity index (χ3n) is 2.10. The summed E-state index contributed by atoms with van der Waals surface area (Å²) >= 11 is 0. The number of nitrogens with zero attached hydrogens (tertiary/aromatic N) is 2. The average Bonchev–Trinajstić information content (AvgIpc) is 2.22. The van der Waals surface area contributed by atoms with E-state index in [1.54, 1.807) is 6.07 Å². The number of nitriles is 1. The molecule has 15 heavy (non-hydrogen) atoms. The van der Waals surface area contributed by atoms with E-state index in [9.17, 15) is 8.42 Å². The highest BCUT2D eigenvalue weighted by Crippen LogP contribution is 2.09. The van der Waals surface area contributed by atoms with Gasteiger partial charge in [0, 0.05) is 13.1 Å². The van der Waals surface area contributed by atoms with Crippen LogP contribution in [0.3, 0.4) is 0 Å². The van der Waals surface area contributed by atoms with Gasteiger partial charge in [-0.1, -0.05) is 13.3 Å². The van der Waals surface area contributed by atoms with E-state index in [4.69, 9.17) is 10.4 Å². The summed E-state index contributed by atoms with van der Waals surface area (Å²) in [5, 5.41) is 16.3. The molecule has 0 aliphatic carbocycles. The van der Waals surface area contributed by atoms with Crippen molar-refractivity contribution in [3.8, 4) is 6.07 Å². The van der Waals surface area contributed by atoms with Gasteiger partial charge in [0.2, 0.25) is 10.0 Å². The first-order chi connectivity index (χ1) is 7.00. The Morgan fingerprint density at radius 2 is 2.07 bits per heavy atom. The lowest BCUT2D eigenvalue weighted by molar-refractivity contribution is 0.252. The van der Waals surface area contributed by atoms with Crippen molar-refractivity contribution in [3.05, 3.63) is 0 Å². The summed E-state index contributed by atoms with van der Waals surface area (Å²) in [4.78, 5) is 0. The minimum atomic E-state index is -3.57. The molecule has 0 aromatic carbocycles. The van der Waals surface area contributed by atoms with Crippen molar-refractivity contribution in [2.75, 3.05) is 19.7 Å². The van der Waals surface area contributed by atoms with E-state index >= 15 is 0 Å². The molecule has 0 rings (SSSR count). The second kappa shape index (κ2) is 6.77. The first kappa shape index (κ1) is 14.4. The average molecular weight is 234 g/mol. The third kappa shape index (κ3) is 4.16. The van der Waals surface area contributed by atoms with Crippen LogP contribution >= 0.6 is 0 Å². The van der Waals surface area contributed by atoms with Crippen LogP contribution < -0.4 is 0 Å². The summed E-state index contributed by atoms with van der Waals surface area (Å²) in [6, 6.07) is 1.71. The van der Waals surface area contributed by atoms with Crippen molar-refractivity contribution in [3.63, 3.8) is 0 Å². The Morgan fingerprint density at radius 3 is 2.47 bits per heavy atom. The van der Waals surface area contributed by atoms with Crippen molar-refractivity contribution >= 4 is 10.0 Å². The van der Waals surface area contributed by atoms with Crippen LogP contribution in [-0.2, 0) is 10.0 Å². The van der Waals surface area contributed by atoms with Crippen LogP contribution in [0.25, 0.3) is 0 Å². The fourth-order valence-corrected chi connectivity index (χ4v) is 2.40. The van der Waals surface area contributed by atoms with E-state index < -0.39 is 15.3 Å². The van der Waals surface area contributed by atoms with Crippen LogP contribution in [0.5, 0.6) is 0 Å². The van der Waals surface area contributed by atoms with Crippen molar-refractivity contribution in [2.24, 2.45) is 0 Å². The van der Waals surface area contributed by atoms with E-state index in [-0.39, 0.29) is 13.2 Å². The zero-order valence-electron chi connectivity index (χ0n) is 9.18. The summed E-state index contributed by atoms with van der Waals surface area (Å²) < 4.78 is 24.7. The molecule has 1 unspecified atom stereocenters. The molecule has 0 aliphatic heterocycles. The number of rotatable bonds is 7. The van der Waals surface area contributed by atoms with E-state index in [1.165, 1.54) is 11.2 Å². The summed E-state index contributed by atoms with van der Waals surface area (Å²) in [7, 11) is -3.57. The van der Waals surface area contributed by atoms with Gasteiger partial charge in [0.1, 0.15) is 0 Å². The predicted octanol–water partition coefficient (Wildman–Crippen LogP) is 0.323. The number of aliphatic hydroxyl groups excluding tert-OH is 1. The molecular formula is C9H18N2O3S. The second-order valence-electron chi connectivity index (χ2n) is 3.29. The SMILES string of the molecule is CCCCN(CCO)S(=O)(=O)C(C)C#N. The molecule has 0 saturated carbocycles. The molecule has 0 spiro atoms. The summed E-state index contributed by atoms with van der Waals surface area (Å²) in [5.41, 5.74) is 0. The van der Waals surface area contributed by atoms with Crippen LogP contribution in [0.4, 0.5) is 0 Å². The first-order valence-electron chi connectivity index (χ1n) is 5.00. The predicted molar refractivity (Wildman–Crippen MR) is 57.6 cm³/mol. The van der Waals surface area contributed by atoms with Crippen LogP contribution in [0.2, 0.25) is 0 Å². The quantitative estimate of drug-likeness (QED) is 0.688. The van der Waals surface area contributed by atoms with Crippen molar-refractivity contribution < 1.29 is 13.5 Å². The lowest BCUT2D eigenvalue weighted by atomic mass is 10.3. The molecule has 5 nitrogen and oxygen atoms in total. The Morgan fingerprint density at radius 1 is 1.47 bits per heavy atom. The lowest BCUT2D eigenvalue weighted by Crippen LogP contribution is -2.39. The first-order valence-corrected chi connectivity index (χ1v) is 6.50. The smallest absolute Gasteiger partial charge is 0.230 e. The van der Waals surface area contributed by atoms with Gasteiger partial charge < -0.3 is 5.11 Å². The number of sulfonamides is 1. The van der Waals surface area contributed by atoms with Crippen molar-refractivity contribution in [2.45, 2.75) is 31.9 Å². The maximum atomic E-state index is 11.7. The van der Waals surface area contributed by atoms with Gasteiger partial charge in [-0.05, 0) is 13.3 Å². The fourth-order valence-electron chi connectivity index (χ4n) is 1.10. The Labute approximate surface area is 91.4 Å². The third-order valence-corrected chi connectivity index (χ3v) is 4.18. The fraction of sp³-hybridized carbons (Fsp3) is 0.889. The maximum absolute atomic E-state index is 11.7. The van der Waals surface area contributed by atoms with Gasteiger partial charge in [0.05, 0.1) is 12.7 Å². The maximum Gasteiger partial charge on any atom is 0.230 e. The molecule has 0 aromatic heterocycles. The molecule has 88 valence electrons. The summed E-state index contributed by atoms with van der Waals surface area (Å²) in [5.74, 6) is 0. The normalized spacial score (nSPS) is 13.8. The molecule has 1 atom stereocenters. The minimum Gasteiger partial charge on any atom is -0.395 e. The highest BCUT2D eigenvalue weighted by molar-refractivity contribution is 7.89. The van der Waals surface area contributed by atoms with Gasteiger partial charge >= 0.3 is 0 Å². The molecule has 0 aliphatic rings. The molecule has 1 N–H and O–H groups in total. The number of unbranched alkanes of at least 4 members (excludes halogenated alkanes) is 1. The number of aliphatic hydroxyl groups is 1. The lowest BCUT2D eigenvalue weighted by Gasteiger charge is -2.22. The molecule has 0 amide bonds. The zero-order valence-corrected chi connectivity index (χ0v) is 10.00. The molecule has 0 heterocycles. The Bertz CT molecular complexity index is 308. The number of hydrogen-bond acceptors (Lipinski definition) is 4. The van der Waals surface area contributed by atoms with E-state index in [1.807, 2.05) is 6.92 Å². The van der Waals surface area contributed by atoms with Crippen molar-refractivity contribution in [1.29, 1.82) is 5.26 Å². The molecule has 0 saturated heterocycles. The topological polar surface area (TPSA) is 81.4 Å². The van der Waals surface area contributed by atoms with Crippen LogP contribution in [0, 0.1) is 11.3 Å². The largest absolute Gasteiger partial charge is 0.395 e. The molecule has 6 heteroatoms. The van der Waals surface area contributed by atoms with Gasteiger partial charge in [0.25, 0.3) is 0 Å². The van der Waals surface area contributed by atoms with Gasteiger partial charge in [-0.3, -0.25) is 0 Å². The monoisotopic (exact) mass is 234 g/mol. The van der Waals surface area contributed by atoms with Crippen LogP contribution in [0.1, 0.15) is 26.7 Å². The summed E-state index contributed by atoms with van der Waals surface area (Å²) in [6.45, 7) is 3.52. The van der Waals surface area contributed by atoms with E-state index in [0.717, 1.165) is 12.8 Å². The highest BCUT2D eigenvalue weighted by atomic mass is 32.2. The van der Waals surface area contributed by atoms with E-state index in [2.05, 4.69) is 0 Å². The molecule has 0 radical (unpaired) electrons. The Kier molecular flexibility index (Phi) is 6.48. The summed E-state index contributed by atoms with van der Waals surface area (Å²) in [6.07, 6.45) is 1.61. The Balaban J connectivity index is 4.67. The van der Waals surface area contributed by atoms with Gasteiger partial charge in [0.15, 0.2) is 5.25 Å². The van der Waals surface area contributed by atoms with Crippen LogP contribution in [0.15, 0.2) is 0 Å². The van der Waals surface area contributed by atoms with Gasteiger partial charge in [-0.25, -0.2) is 8.42 Å². The molecular weight excluding hydrogens is 216 g/mol. The van der Waals surface area contributed by atoms with Crippen LogP contribution in [-0.4, -0.2) is 42.8 Å². The second-order valence-corrected chi connectivity index (χ2v) is 5.55. The van der Waals surface area contributed by atoms with Crippen molar-refractivity contribution in [1.82, 2.24) is 4.31 Å². The standard InChI is InChI=1S/C9H18N2O3S/c1-3-4-5-11(6-7-12)15(13,14)9(2)8-10/h9,12H,3-7H2,1-2H3. The zero-order chi connectivity index (χ0) is 11.9. The van der Waals surface area contributed by atoms with Gasteiger partial charge in [-0.15, -0.1) is 0 Å².